The van der Waals surface area contributed by atoms with Crippen LogP contribution in [0.5, 0.6) is 0 Å². The van der Waals surface area contributed by atoms with E-state index in [0.717, 1.165) is 0 Å². The third-order valence-electron chi connectivity index (χ3n) is 3.15. The standard InChI is InChI=1S/C10H15FN2O12P2/c11-10(4-23-27(21,22)25-26(18,19)20)1-6(15)8(24-10)13-2-5(3-14)7(16)12-9(13)17/h2,6,8,14-15H,1,3-4H2,(H,21,22)(H,12,16,17)(H2,18,19,20)/t6-,8-,10+/m1/s1/i8D. The number of ether oxygens (including phenoxy) is 1. The first-order valence-electron chi connectivity index (χ1n) is 7.38. The Kier molecular flexibility index (Phi) is 5.80. The van der Waals surface area contributed by atoms with Crippen LogP contribution in [-0.2, 0) is 29.3 Å². The van der Waals surface area contributed by atoms with E-state index in [1.165, 1.54) is 0 Å². The number of halogens is 1. The summed E-state index contributed by atoms with van der Waals surface area (Å²) in [6.07, 6.45) is -5.38. The molecule has 14 nitrogen and oxygen atoms in total. The topological polar surface area (TPSA) is 218 Å². The average molecular weight is 437 g/mol. The first kappa shape index (κ1) is 20.5. The molecule has 0 radical (unpaired) electrons. The summed E-state index contributed by atoms with van der Waals surface area (Å²) in [4.78, 5) is 51.2. The number of aliphatic hydroxyl groups excluding tert-OH is 2. The Hall–Kier alpha value is -1.25. The van der Waals surface area contributed by atoms with Crippen LogP contribution in [0.4, 0.5) is 4.39 Å². The zero-order valence-electron chi connectivity index (χ0n) is 14.1. The van der Waals surface area contributed by atoms with Gasteiger partial charge in [0.25, 0.3) is 5.56 Å². The highest BCUT2D eigenvalue weighted by atomic mass is 31.3. The van der Waals surface area contributed by atoms with Gasteiger partial charge in [-0.3, -0.25) is 18.9 Å². The fraction of sp³-hybridized carbons (Fsp3) is 0.600. The van der Waals surface area contributed by atoms with E-state index in [-0.39, 0.29) is 4.57 Å². The van der Waals surface area contributed by atoms with E-state index in [2.05, 4.69) is 13.6 Å². The highest BCUT2D eigenvalue weighted by Gasteiger charge is 2.50. The summed E-state index contributed by atoms with van der Waals surface area (Å²) in [5, 5.41) is 19.1. The Labute approximate surface area is 150 Å². The number of aliphatic hydroxyl groups is 2. The zero-order valence-corrected chi connectivity index (χ0v) is 14.9. The second-order valence-electron chi connectivity index (χ2n) is 5.30. The lowest BCUT2D eigenvalue weighted by molar-refractivity contribution is -0.178. The maximum Gasteiger partial charge on any atom is 0.481 e. The van der Waals surface area contributed by atoms with Crippen LogP contribution in [0.15, 0.2) is 15.8 Å². The Morgan fingerprint density at radius 2 is 2.07 bits per heavy atom. The largest absolute Gasteiger partial charge is 0.481 e. The van der Waals surface area contributed by atoms with E-state index in [9.17, 15) is 28.2 Å². The number of aromatic amines is 1. The summed E-state index contributed by atoms with van der Waals surface area (Å²) in [5.74, 6) is -3.17. The van der Waals surface area contributed by atoms with Crippen molar-refractivity contribution in [1.82, 2.24) is 9.55 Å². The van der Waals surface area contributed by atoms with Gasteiger partial charge < -0.3 is 29.6 Å². The predicted octanol–water partition coefficient (Wildman–Crippen LogP) is -1.80. The summed E-state index contributed by atoms with van der Waals surface area (Å²) < 4.78 is 57.2. The zero-order chi connectivity index (χ0) is 21.5. The van der Waals surface area contributed by atoms with E-state index in [1.54, 1.807) is 4.98 Å². The van der Waals surface area contributed by atoms with Gasteiger partial charge in [0.2, 0.25) is 5.85 Å². The van der Waals surface area contributed by atoms with Gasteiger partial charge in [0.1, 0.15) is 12.7 Å². The molecule has 1 unspecified atom stereocenters. The number of phosphoric ester groups is 1. The molecule has 1 aliphatic heterocycles. The highest BCUT2D eigenvalue weighted by Crippen LogP contribution is 2.58. The summed E-state index contributed by atoms with van der Waals surface area (Å²) in [5.41, 5.74) is -2.70. The molecule has 1 fully saturated rings. The van der Waals surface area contributed by atoms with Gasteiger partial charge in [-0.05, 0) is 0 Å². The van der Waals surface area contributed by atoms with Crippen LogP contribution in [0, 0.1) is 0 Å². The van der Waals surface area contributed by atoms with Crippen molar-refractivity contribution in [3.05, 3.63) is 32.6 Å². The Morgan fingerprint density at radius 3 is 2.63 bits per heavy atom. The monoisotopic (exact) mass is 437 g/mol. The van der Waals surface area contributed by atoms with Crippen LogP contribution in [0.3, 0.4) is 0 Å². The van der Waals surface area contributed by atoms with E-state index in [1.807, 2.05) is 0 Å². The molecule has 2 heterocycles. The number of H-pyrrole nitrogens is 1. The van der Waals surface area contributed by atoms with E-state index in [0.29, 0.717) is 6.20 Å². The van der Waals surface area contributed by atoms with Gasteiger partial charge in [0.15, 0.2) is 6.20 Å². The average Bonchev–Trinajstić information content (AvgIpc) is 2.74. The second-order valence-corrected chi connectivity index (χ2v) is 8.13. The molecule has 17 heteroatoms. The van der Waals surface area contributed by atoms with E-state index in [4.69, 9.17) is 21.2 Å². The molecular formula is C10H15FN2O12P2. The van der Waals surface area contributed by atoms with Gasteiger partial charge in [0, 0.05) is 12.6 Å². The fourth-order valence-corrected chi connectivity index (χ4v) is 3.71. The molecule has 1 aromatic rings. The maximum absolute atomic E-state index is 14.8. The molecule has 0 bridgehead atoms. The van der Waals surface area contributed by atoms with Gasteiger partial charge in [-0.2, -0.15) is 4.31 Å². The Bertz CT molecular complexity index is 962. The van der Waals surface area contributed by atoms with Gasteiger partial charge in [0.05, 0.1) is 13.5 Å². The number of aromatic nitrogens is 2. The van der Waals surface area contributed by atoms with Crippen LogP contribution in [0.25, 0.3) is 0 Å². The van der Waals surface area contributed by atoms with Crippen molar-refractivity contribution in [2.45, 2.75) is 31.2 Å². The summed E-state index contributed by atoms with van der Waals surface area (Å²) in [6, 6.07) is 0. The van der Waals surface area contributed by atoms with Gasteiger partial charge in [-0.15, -0.1) is 0 Å². The third kappa shape index (κ3) is 5.62. The highest BCUT2D eigenvalue weighted by molar-refractivity contribution is 7.60. The quantitative estimate of drug-likeness (QED) is 0.260. The molecular weight excluding hydrogens is 421 g/mol. The minimum atomic E-state index is -5.47. The molecule has 0 aliphatic carbocycles. The molecule has 0 aromatic carbocycles. The van der Waals surface area contributed by atoms with Crippen molar-refractivity contribution in [3.8, 4) is 0 Å². The van der Waals surface area contributed by atoms with Gasteiger partial charge in [-0.25, -0.2) is 18.3 Å². The Balaban J connectivity index is 2.28. The second kappa shape index (κ2) is 7.64. The van der Waals surface area contributed by atoms with Crippen LogP contribution in [0.1, 0.15) is 19.6 Å². The molecule has 1 aliphatic rings. The summed E-state index contributed by atoms with van der Waals surface area (Å²) in [7, 11) is -10.9. The van der Waals surface area contributed by atoms with Crippen molar-refractivity contribution < 1.29 is 53.4 Å². The minimum Gasteiger partial charge on any atom is -0.391 e. The number of phosphoric acid groups is 2. The van der Waals surface area contributed by atoms with Crippen molar-refractivity contribution in [2.24, 2.45) is 0 Å². The predicted molar refractivity (Wildman–Crippen MR) is 80.7 cm³/mol. The lowest BCUT2D eigenvalue weighted by atomic mass is 10.2. The number of alkyl halides is 1. The van der Waals surface area contributed by atoms with Crippen molar-refractivity contribution >= 4 is 15.6 Å². The molecule has 1 aromatic heterocycles. The van der Waals surface area contributed by atoms with Crippen LogP contribution < -0.4 is 11.2 Å². The maximum atomic E-state index is 14.8. The molecule has 4 atom stereocenters. The summed E-state index contributed by atoms with van der Waals surface area (Å²) >= 11 is 0. The molecule has 1 saturated heterocycles. The van der Waals surface area contributed by atoms with Crippen molar-refractivity contribution in [3.63, 3.8) is 0 Å². The molecule has 0 amide bonds. The van der Waals surface area contributed by atoms with Crippen LogP contribution in [0.2, 0.25) is 0 Å². The number of nitrogens with zero attached hydrogens (tertiary/aromatic N) is 1. The molecule has 2 rings (SSSR count). The summed E-state index contributed by atoms with van der Waals surface area (Å²) in [6.45, 7) is -2.39. The number of hydrogen-bond acceptors (Lipinski definition) is 9. The van der Waals surface area contributed by atoms with E-state index >= 15 is 0 Å². The van der Waals surface area contributed by atoms with Crippen molar-refractivity contribution in [1.29, 1.82) is 0 Å². The molecule has 0 saturated carbocycles. The lowest BCUT2D eigenvalue weighted by Gasteiger charge is -2.22. The smallest absolute Gasteiger partial charge is 0.391 e. The molecule has 6 N–H and O–H groups in total. The van der Waals surface area contributed by atoms with Crippen molar-refractivity contribution in [2.75, 3.05) is 6.61 Å². The SMILES string of the molecule is [2H][C@@]1(n2cc(CO)c(=O)[nH]c2=O)O[C@](F)(COP(=O)(O)OP(=O)(O)O)C[C@H]1O. The van der Waals surface area contributed by atoms with Gasteiger partial charge in [-0.1, -0.05) is 0 Å². The fourth-order valence-electron chi connectivity index (χ4n) is 2.09. The van der Waals surface area contributed by atoms with E-state index < -0.39 is 70.3 Å². The number of nitrogens with one attached hydrogen (secondary N) is 1. The molecule has 0 spiro atoms. The van der Waals surface area contributed by atoms with Crippen LogP contribution in [-0.4, -0.2) is 53.0 Å². The lowest BCUT2D eigenvalue weighted by Crippen LogP contribution is -2.37. The molecule has 27 heavy (non-hydrogen) atoms. The number of hydrogen-bond donors (Lipinski definition) is 6. The first-order valence-corrected chi connectivity index (χ1v) is 9.91. The Morgan fingerprint density at radius 1 is 1.44 bits per heavy atom. The minimum absolute atomic E-state index is 0.274. The molecule has 154 valence electrons. The number of rotatable bonds is 7. The third-order valence-corrected chi connectivity index (χ3v) is 5.28. The first-order chi connectivity index (χ1) is 12.6. The van der Waals surface area contributed by atoms with Gasteiger partial charge >= 0.3 is 21.3 Å². The van der Waals surface area contributed by atoms with Crippen LogP contribution >= 0.6 is 15.6 Å². The normalized spacial score (nSPS) is 31.5.